The van der Waals surface area contributed by atoms with E-state index >= 15 is 0 Å². The summed E-state index contributed by atoms with van der Waals surface area (Å²) in [6.45, 7) is 1.97. The second-order valence-corrected chi connectivity index (χ2v) is 4.48. The maximum absolute atomic E-state index is 11.2. The van der Waals surface area contributed by atoms with Gasteiger partial charge in [-0.1, -0.05) is 0 Å². The summed E-state index contributed by atoms with van der Waals surface area (Å²) >= 11 is 0. The van der Waals surface area contributed by atoms with Crippen LogP contribution < -0.4 is 0 Å². The Morgan fingerprint density at radius 1 is 1.38 bits per heavy atom. The lowest BCUT2D eigenvalue weighted by Crippen LogP contribution is -2.43. The van der Waals surface area contributed by atoms with Crippen LogP contribution in [-0.2, 0) is 9.53 Å². The molecule has 3 aliphatic rings. The summed E-state index contributed by atoms with van der Waals surface area (Å²) in [5.74, 6) is 0.452. The van der Waals surface area contributed by atoms with E-state index in [1.54, 1.807) is 0 Å². The largest absolute Gasteiger partial charge is 0.375 e. The predicted octanol–water partition coefficient (Wildman–Crippen LogP) is 0.581. The van der Waals surface area contributed by atoms with Gasteiger partial charge in [0.15, 0.2) is 0 Å². The number of ether oxygens (including phenoxy) is 1. The van der Waals surface area contributed by atoms with E-state index in [4.69, 9.17) is 4.74 Å². The Morgan fingerprint density at radius 2 is 2.31 bits per heavy atom. The van der Waals surface area contributed by atoms with Crippen LogP contribution in [0.3, 0.4) is 0 Å². The molecule has 2 saturated heterocycles. The number of carbonyl (C=O) groups excluding carboxylic acids is 1. The van der Waals surface area contributed by atoms with Crippen molar-refractivity contribution < 1.29 is 9.53 Å². The average Bonchev–Trinajstić information content (AvgIpc) is 2.77. The van der Waals surface area contributed by atoms with Gasteiger partial charge >= 0.3 is 0 Å². The van der Waals surface area contributed by atoms with E-state index in [2.05, 4.69) is 4.90 Å². The first-order valence-electron chi connectivity index (χ1n) is 5.22. The van der Waals surface area contributed by atoms with Gasteiger partial charge in [0.05, 0.1) is 12.7 Å². The van der Waals surface area contributed by atoms with Crippen molar-refractivity contribution in [3.05, 3.63) is 0 Å². The standard InChI is InChI=1S/C10H15NO2/c12-9-2-1-7(3-9)11-5-10-4-8(11)6-13-10/h7-8,10H,1-6H2. The van der Waals surface area contributed by atoms with Gasteiger partial charge in [-0.25, -0.2) is 0 Å². The van der Waals surface area contributed by atoms with Gasteiger partial charge in [-0.05, 0) is 12.8 Å². The Balaban J connectivity index is 1.69. The molecule has 72 valence electrons. The number of carbonyl (C=O) groups is 1. The van der Waals surface area contributed by atoms with Crippen LogP contribution in [0.2, 0.25) is 0 Å². The summed E-state index contributed by atoms with van der Waals surface area (Å²) < 4.78 is 5.54. The van der Waals surface area contributed by atoms with Crippen molar-refractivity contribution in [1.29, 1.82) is 0 Å². The van der Waals surface area contributed by atoms with Crippen molar-refractivity contribution in [2.45, 2.75) is 43.9 Å². The van der Waals surface area contributed by atoms with Gasteiger partial charge < -0.3 is 4.74 Å². The Kier molecular flexibility index (Phi) is 1.70. The molecule has 0 aromatic carbocycles. The number of fused-ring (bicyclic) bond motifs is 2. The molecule has 0 aromatic rings. The van der Waals surface area contributed by atoms with Gasteiger partial charge in [0.25, 0.3) is 0 Å². The first-order valence-corrected chi connectivity index (χ1v) is 5.22. The van der Waals surface area contributed by atoms with Gasteiger partial charge in [0, 0.05) is 31.5 Å². The third-order valence-electron chi connectivity index (χ3n) is 3.63. The van der Waals surface area contributed by atoms with Crippen LogP contribution in [-0.4, -0.2) is 42.0 Å². The smallest absolute Gasteiger partial charge is 0.134 e. The van der Waals surface area contributed by atoms with Crippen LogP contribution in [0.5, 0.6) is 0 Å². The molecular weight excluding hydrogens is 166 g/mol. The number of rotatable bonds is 1. The van der Waals surface area contributed by atoms with Crippen molar-refractivity contribution in [1.82, 2.24) is 4.90 Å². The summed E-state index contributed by atoms with van der Waals surface area (Å²) in [7, 11) is 0. The minimum atomic E-state index is 0.452. The molecule has 2 heterocycles. The number of nitrogens with zero attached hydrogens (tertiary/aromatic N) is 1. The number of likely N-dealkylation sites (tertiary alicyclic amines) is 1. The highest BCUT2D eigenvalue weighted by Crippen LogP contribution is 2.33. The first-order chi connectivity index (χ1) is 6.33. The van der Waals surface area contributed by atoms with Gasteiger partial charge in [0.2, 0.25) is 0 Å². The van der Waals surface area contributed by atoms with E-state index in [1.807, 2.05) is 0 Å². The molecule has 2 bridgehead atoms. The number of hydrogen-bond acceptors (Lipinski definition) is 3. The van der Waals surface area contributed by atoms with E-state index in [0.29, 0.717) is 24.0 Å². The molecule has 13 heavy (non-hydrogen) atoms. The maximum Gasteiger partial charge on any atom is 0.134 e. The van der Waals surface area contributed by atoms with E-state index in [1.165, 1.54) is 6.42 Å². The zero-order valence-electron chi connectivity index (χ0n) is 7.74. The molecule has 2 aliphatic heterocycles. The number of morpholine rings is 1. The molecule has 0 aromatic heterocycles. The normalized spacial score (nSPS) is 44.9. The first kappa shape index (κ1) is 7.94. The molecule has 1 saturated carbocycles. The van der Waals surface area contributed by atoms with Crippen molar-refractivity contribution in [3.8, 4) is 0 Å². The number of ketones is 1. The SMILES string of the molecule is O=C1CCC(N2CC3CC2CO3)C1. The minimum Gasteiger partial charge on any atom is -0.375 e. The van der Waals surface area contributed by atoms with Crippen LogP contribution in [0.1, 0.15) is 25.7 Å². The summed E-state index contributed by atoms with van der Waals surface area (Å²) in [5.41, 5.74) is 0. The Morgan fingerprint density at radius 3 is 2.85 bits per heavy atom. The Bertz CT molecular complexity index is 241. The van der Waals surface area contributed by atoms with Gasteiger partial charge in [-0.15, -0.1) is 0 Å². The quantitative estimate of drug-likeness (QED) is 0.592. The number of hydrogen-bond donors (Lipinski definition) is 0. The minimum absolute atomic E-state index is 0.452. The van der Waals surface area contributed by atoms with Crippen LogP contribution in [0.25, 0.3) is 0 Å². The molecule has 0 amide bonds. The van der Waals surface area contributed by atoms with E-state index in [0.717, 1.165) is 32.4 Å². The van der Waals surface area contributed by atoms with Crippen LogP contribution in [0.4, 0.5) is 0 Å². The molecule has 3 fully saturated rings. The second kappa shape index (κ2) is 2.79. The zero-order valence-corrected chi connectivity index (χ0v) is 7.74. The molecule has 0 N–H and O–H groups in total. The van der Waals surface area contributed by atoms with Crippen molar-refractivity contribution in [2.75, 3.05) is 13.2 Å². The Hall–Kier alpha value is -0.410. The van der Waals surface area contributed by atoms with Crippen molar-refractivity contribution in [3.63, 3.8) is 0 Å². The second-order valence-electron chi connectivity index (χ2n) is 4.48. The van der Waals surface area contributed by atoms with Gasteiger partial charge in [-0.2, -0.15) is 0 Å². The third kappa shape index (κ3) is 1.22. The van der Waals surface area contributed by atoms with Gasteiger partial charge in [-0.3, -0.25) is 9.69 Å². The van der Waals surface area contributed by atoms with Crippen molar-refractivity contribution in [2.24, 2.45) is 0 Å². The summed E-state index contributed by atoms with van der Waals surface area (Å²) in [6.07, 6.45) is 4.36. The molecule has 0 spiro atoms. The highest BCUT2D eigenvalue weighted by atomic mass is 16.5. The van der Waals surface area contributed by atoms with Crippen LogP contribution in [0.15, 0.2) is 0 Å². The zero-order chi connectivity index (χ0) is 8.84. The molecule has 0 radical (unpaired) electrons. The fourth-order valence-corrected chi connectivity index (χ4v) is 2.95. The highest BCUT2D eigenvalue weighted by Gasteiger charge is 2.43. The van der Waals surface area contributed by atoms with E-state index in [-0.39, 0.29) is 0 Å². The molecular formula is C10H15NO2. The molecule has 3 unspecified atom stereocenters. The maximum atomic E-state index is 11.2. The predicted molar refractivity (Wildman–Crippen MR) is 47.5 cm³/mol. The van der Waals surface area contributed by atoms with E-state index < -0.39 is 0 Å². The fraction of sp³-hybridized carbons (Fsp3) is 0.900. The molecule has 3 rings (SSSR count). The number of Topliss-reactive ketones (excluding diaryl/α,β-unsaturated/α-hetero) is 1. The van der Waals surface area contributed by atoms with Crippen molar-refractivity contribution >= 4 is 5.78 Å². The molecule has 3 heteroatoms. The molecule has 3 atom stereocenters. The highest BCUT2D eigenvalue weighted by molar-refractivity contribution is 5.81. The lowest BCUT2D eigenvalue weighted by atomic mass is 10.2. The lowest BCUT2D eigenvalue weighted by molar-refractivity contribution is -0.117. The monoisotopic (exact) mass is 181 g/mol. The van der Waals surface area contributed by atoms with Crippen LogP contribution in [0, 0.1) is 0 Å². The lowest BCUT2D eigenvalue weighted by Gasteiger charge is -2.31. The molecule has 1 aliphatic carbocycles. The van der Waals surface area contributed by atoms with Crippen LogP contribution >= 0.6 is 0 Å². The summed E-state index contributed by atoms with van der Waals surface area (Å²) in [5, 5.41) is 0. The molecule has 3 nitrogen and oxygen atoms in total. The Labute approximate surface area is 78.0 Å². The summed E-state index contributed by atoms with van der Waals surface area (Å²) in [6, 6.07) is 1.17. The van der Waals surface area contributed by atoms with E-state index in [9.17, 15) is 4.79 Å². The average molecular weight is 181 g/mol. The fourth-order valence-electron chi connectivity index (χ4n) is 2.95. The van der Waals surface area contributed by atoms with Gasteiger partial charge in [0.1, 0.15) is 5.78 Å². The topological polar surface area (TPSA) is 29.5 Å². The summed E-state index contributed by atoms with van der Waals surface area (Å²) in [4.78, 5) is 13.7. The third-order valence-corrected chi connectivity index (χ3v) is 3.63.